The second-order valence-corrected chi connectivity index (χ2v) is 5.51. The van der Waals surface area contributed by atoms with Crippen molar-refractivity contribution in [1.29, 1.82) is 0 Å². The maximum Gasteiger partial charge on any atom is 0.168 e. The first-order chi connectivity index (χ1) is 8.90. The van der Waals surface area contributed by atoms with Crippen LogP contribution in [0.3, 0.4) is 0 Å². The number of nitrogens with zero attached hydrogens (tertiary/aromatic N) is 2. The smallest absolute Gasteiger partial charge is 0.168 e. The molecule has 0 fully saturated rings. The zero-order valence-corrected chi connectivity index (χ0v) is 11.1. The van der Waals surface area contributed by atoms with Gasteiger partial charge in [-0.1, -0.05) is 42.1 Å². The minimum atomic E-state index is 0.738. The van der Waals surface area contributed by atoms with Crippen molar-refractivity contribution in [2.75, 3.05) is 12.3 Å². The van der Waals surface area contributed by atoms with Crippen LogP contribution >= 0.6 is 11.8 Å². The maximum absolute atomic E-state index is 5.64. The van der Waals surface area contributed by atoms with Crippen LogP contribution in [0.15, 0.2) is 35.5 Å². The highest BCUT2D eigenvalue weighted by Gasteiger charge is 2.21. The molecule has 18 heavy (non-hydrogen) atoms. The predicted octanol–water partition coefficient (Wildman–Crippen LogP) is 2.55. The molecule has 94 valence electrons. The maximum atomic E-state index is 5.64. The lowest BCUT2D eigenvalue weighted by Crippen LogP contribution is -2.06. The average molecular weight is 259 g/mol. The Hall–Kier alpha value is -1.26. The third kappa shape index (κ3) is 2.06. The summed E-state index contributed by atoms with van der Waals surface area (Å²) in [6, 6.07) is 10.4. The van der Waals surface area contributed by atoms with Crippen LogP contribution in [0.1, 0.15) is 12.1 Å². The summed E-state index contributed by atoms with van der Waals surface area (Å²) in [6.45, 7) is 1.82. The van der Waals surface area contributed by atoms with E-state index in [1.165, 1.54) is 16.4 Å². The minimum absolute atomic E-state index is 0.738. The minimum Gasteiger partial charge on any atom is -0.330 e. The first kappa shape index (κ1) is 11.8. The zero-order chi connectivity index (χ0) is 12.4. The molecule has 4 heteroatoms. The van der Waals surface area contributed by atoms with E-state index in [1.807, 2.05) is 17.8 Å². The standard InChI is InChI=1S/C14H17N3S/c15-8-4-7-12-13(11-5-2-1-3-6-11)16-14-17(12)9-10-18-14/h1-3,5-6H,4,7-10,15H2. The first-order valence-electron chi connectivity index (χ1n) is 6.38. The Kier molecular flexibility index (Phi) is 3.39. The van der Waals surface area contributed by atoms with Gasteiger partial charge in [-0.25, -0.2) is 4.98 Å². The molecule has 1 aliphatic heterocycles. The van der Waals surface area contributed by atoms with Gasteiger partial charge < -0.3 is 10.3 Å². The molecular weight excluding hydrogens is 242 g/mol. The van der Waals surface area contributed by atoms with Gasteiger partial charge in [-0.3, -0.25) is 0 Å². The fraction of sp³-hybridized carbons (Fsp3) is 0.357. The fourth-order valence-corrected chi connectivity index (χ4v) is 3.35. The van der Waals surface area contributed by atoms with Crippen LogP contribution in [-0.2, 0) is 13.0 Å². The average Bonchev–Trinajstić information content (AvgIpc) is 2.98. The third-order valence-corrected chi connectivity index (χ3v) is 4.21. The van der Waals surface area contributed by atoms with Crippen LogP contribution in [0, 0.1) is 0 Å². The molecule has 0 radical (unpaired) electrons. The second-order valence-electron chi connectivity index (χ2n) is 4.45. The molecular formula is C14H17N3S. The Morgan fingerprint density at radius 1 is 1.28 bits per heavy atom. The molecule has 2 aromatic rings. The monoisotopic (exact) mass is 259 g/mol. The lowest BCUT2D eigenvalue weighted by molar-refractivity contribution is 0.660. The number of thioether (sulfide) groups is 1. The summed E-state index contributed by atoms with van der Waals surface area (Å²) < 4.78 is 2.36. The molecule has 0 unspecified atom stereocenters. The summed E-state index contributed by atoms with van der Waals surface area (Å²) in [5.74, 6) is 1.15. The van der Waals surface area contributed by atoms with Gasteiger partial charge in [0.2, 0.25) is 0 Å². The summed E-state index contributed by atoms with van der Waals surface area (Å²) in [5.41, 5.74) is 9.36. The van der Waals surface area contributed by atoms with E-state index in [2.05, 4.69) is 28.8 Å². The van der Waals surface area contributed by atoms with Gasteiger partial charge in [0.05, 0.1) is 5.69 Å². The number of benzene rings is 1. The molecule has 3 rings (SSSR count). The van der Waals surface area contributed by atoms with E-state index in [1.54, 1.807) is 0 Å². The molecule has 1 aliphatic rings. The lowest BCUT2D eigenvalue weighted by Gasteiger charge is -2.07. The second kappa shape index (κ2) is 5.16. The van der Waals surface area contributed by atoms with Crippen LogP contribution in [0.4, 0.5) is 0 Å². The van der Waals surface area contributed by atoms with Gasteiger partial charge in [0.15, 0.2) is 5.16 Å². The Morgan fingerprint density at radius 2 is 2.11 bits per heavy atom. The van der Waals surface area contributed by atoms with Gasteiger partial charge in [-0.05, 0) is 19.4 Å². The van der Waals surface area contributed by atoms with E-state index < -0.39 is 0 Å². The molecule has 0 atom stereocenters. The molecule has 2 heterocycles. The molecule has 0 amide bonds. The quantitative estimate of drug-likeness (QED) is 0.917. The van der Waals surface area contributed by atoms with Gasteiger partial charge in [-0.2, -0.15) is 0 Å². The number of hydrogen-bond acceptors (Lipinski definition) is 3. The molecule has 0 bridgehead atoms. The molecule has 2 N–H and O–H groups in total. The predicted molar refractivity (Wildman–Crippen MR) is 75.8 cm³/mol. The van der Waals surface area contributed by atoms with Crippen molar-refractivity contribution in [3.63, 3.8) is 0 Å². The number of nitrogens with two attached hydrogens (primary N) is 1. The van der Waals surface area contributed by atoms with E-state index >= 15 is 0 Å². The van der Waals surface area contributed by atoms with Gasteiger partial charge in [0.25, 0.3) is 0 Å². The Labute approximate surface area is 111 Å². The normalized spacial score (nSPS) is 13.8. The first-order valence-corrected chi connectivity index (χ1v) is 7.36. The summed E-state index contributed by atoms with van der Waals surface area (Å²) >= 11 is 1.85. The van der Waals surface area contributed by atoms with Crippen molar-refractivity contribution in [2.45, 2.75) is 24.5 Å². The summed E-state index contributed by atoms with van der Waals surface area (Å²) in [5, 5.41) is 1.17. The number of fused-ring (bicyclic) bond motifs is 1. The van der Waals surface area contributed by atoms with Crippen LogP contribution in [0.2, 0.25) is 0 Å². The molecule has 0 aliphatic carbocycles. The number of hydrogen-bond donors (Lipinski definition) is 1. The van der Waals surface area contributed by atoms with Crippen LogP contribution < -0.4 is 5.73 Å². The van der Waals surface area contributed by atoms with Crippen molar-refractivity contribution >= 4 is 11.8 Å². The highest BCUT2D eigenvalue weighted by atomic mass is 32.2. The zero-order valence-electron chi connectivity index (χ0n) is 10.3. The fourth-order valence-electron chi connectivity index (χ4n) is 2.38. The van der Waals surface area contributed by atoms with E-state index in [9.17, 15) is 0 Å². The summed E-state index contributed by atoms with van der Waals surface area (Å²) in [4.78, 5) is 4.80. The van der Waals surface area contributed by atoms with Crippen molar-refractivity contribution in [2.24, 2.45) is 5.73 Å². The van der Waals surface area contributed by atoms with E-state index in [4.69, 9.17) is 10.7 Å². The molecule has 0 saturated heterocycles. The van der Waals surface area contributed by atoms with Crippen molar-refractivity contribution in [3.8, 4) is 11.3 Å². The van der Waals surface area contributed by atoms with Crippen molar-refractivity contribution in [3.05, 3.63) is 36.0 Å². The van der Waals surface area contributed by atoms with Gasteiger partial charge in [0, 0.05) is 23.6 Å². The van der Waals surface area contributed by atoms with Crippen molar-refractivity contribution in [1.82, 2.24) is 9.55 Å². The SMILES string of the molecule is NCCCc1c(-c2ccccc2)nc2n1CCS2. The molecule has 1 aromatic carbocycles. The van der Waals surface area contributed by atoms with Crippen LogP contribution in [0.25, 0.3) is 11.3 Å². The number of rotatable bonds is 4. The molecule has 0 saturated carbocycles. The Bertz CT molecular complexity index is 533. The third-order valence-electron chi connectivity index (χ3n) is 3.25. The topological polar surface area (TPSA) is 43.8 Å². The number of aromatic nitrogens is 2. The van der Waals surface area contributed by atoms with Gasteiger partial charge in [0.1, 0.15) is 0 Å². The molecule has 0 spiro atoms. The summed E-state index contributed by atoms with van der Waals surface area (Å²) in [7, 11) is 0. The van der Waals surface area contributed by atoms with Crippen LogP contribution in [0.5, 0.6) is 0 Å². The Balaban J connectivity index is 2.03. The number of imidazole rings is 1. The van der Waals surface area contributed by atoms with Gasteiger partial charge in [-0.15, -0.1) is 0 Å². The molecule has 3 nitrogen and oxygen atoms in total. The van der Waals surface area contributed by atoms with E-state index in [0.29, 0.717) is 0 Å². The molecule has 1 aromatic heterocycles. The lowest BCUT2D eigenvalue weighted by atomic mass is 10.1. The van der Waals surface area contributed by atoms with E-state index in [0.717, 1.165) is 37.4 Å². The highest BCUT2D eigenvalue weighted by Crippen LogP contribution is 2.33. The van der Waals surface area contributed by atoms with Crippen LogP contribution in [-0.4, -0.2) is 21.8 Å². The van der Waals surface area contributed by atoms with Gasteiger partial charge >= 0.3 is 0 Å². The van der Waals surface area contributed by atoms with E-state index in [-0.39, 0.29) is 0 Å². The van der Waals surface area contributed by atoms with Crippen molar-refractivity contribution < 1.29 is 0 Å². The Morgan fingerprint density at radius 3 is 2.89 bits per heavy atom. The summed E-state index contributed by atoms with van der Waals surface area (Å²) in [6.07, 6.45) is 2.05. The largest absolute Gasteiger partial charge is 0.330 e. The highest BCUT2D eigenvalue weighted by molar-refractivity contribution is 7.99.